The average Bonchev–Trinajstić information content (AvgIpc) is 3.20. The first-order valence-electron chi connectivity index (χ1n) is 9.85. The highest BCUT2D eigenvalue weighted by atomic mass is 15.2. The second-order valence-corrected chi connectivity index (χ2v) is 11.5. The SMILES string of the molecule is CCC(C)C1(C)CC12CC21CC12CC21CC12CC21CC1C. The quantitative estimate of drug-likeness (QED) is 0.634. The van der Waals surface area contributed by atoms with Crippen LogP contribution in [0.15, 0.2) is 0 Å². The van der Waals surface area contributed by atoms with Crippen molar-refractivity contribution in [3.05, 3.63) is 0 Å². The van der Waals surface area contributed by atoms with E-state index in [1.54, 1.807) is 44.9 Å². The van der Waals surface area contributed by atoms with Crippen molar-refractivity contribution in [1.29, 1.82) is 0 Å². The third-order valence-electron chi connectivity index (χ3n) is 11.8. The minimum Gasteiger partial charge on any atom is -0.0651 e. The molecule has 7 rings (SSSR count). The van der Waals surface area contributed by atoms with Crippen molar-refractivity contribution in [2.75, 3.05) is 0 Å². The maximum absolute atomic E-state index is 2.65. The van der Waals surface area contributed by atoms with Crippen LogP contribution in [0.5, 0.6) is 0 Å². The van der Waals surface area contributed by atoms with Gasteiger partial charge in [-0.2, -0.15) is 0 Å². The van der Waals surface area contributed by atoms with Gasteiger partial charge in [-0.1, -0.05) is 34.1 Å². The van der Waals surface area contributed by atoms with Gasteiger partial charge in [-0.05, 0) is 94.7 Å². The summed E-state index contributed by atoms with van der Waals surface area (Å²) in [5.41, 5.74) is 6.24. The van der Waals surface area contributed by atoms with Crippen LogP contribution >= 0.6 is 0 Å². The normalized spacial score (nSPS) is 80.9. The topological polar surface area (TPSA) is 0 Å². The van der Waals surface area contributed by atoms with E-state index < -0.39 is 0 Å². The molecule has 0 nitrogen and oxygen atoms in total. The van der Waals surface area contributed by atoms with Gasteiger partial charge in [0.2, 0.25) is 0 Å². The molecule has 0 aromatic carbocycles. The molecule has 7 saturated carbocycles. The molecule has 7 aliphatic carbocycles. The van der Waals surface area contributed by atoms with Gasteiger partial charge in [-0.25, -0.2) is 0 Å². The fraction of sp³-hybridized carbons (Fsp3) is 1.00. The minimum absolute atomic E-state index is 0.741. The maximum Gasteiger partial charge on any atom is -0.0161 e. The Bertz CT molecular complexity index is 620. The van der Waals surface area contributed by atoms with Crippen LogP contribution < -0.4 is 0 Å². The molecular formula is C21H30. The summed E-state index contributed by atoms with van der Waals surface area (Å²) in [7, 11) is 0. The van der Waals surface area contributed by atoms with Crippen molar-refractivity contribution in [3.8, 4) is 0 Å². The van der Waals surface area contributed by atoms with Crippen LogP contribution in [-0.2, 0) is 0 Å². The lowest BCUT2D eigenvalue weighted by molar-refractivity contribution is 0.297. The lowest BCUT2D eigenvalue weighted by Gasteiger charge is -2.19. The van der Waals surface area contributed by atoms with Crippen molar-refractivity contribution in [3.63, 3.8) is 0 Å². The van der Waals surface area contributed by atoms with Gasteiger partial charge in [0.1, 0.15) is 0 Å². The molecule has 0 heteroatoms. The van der Waals surface area contributed by atoms with E-state index in [0.717, 1.165) is 49.7 Å². The van der Waals surface area contributed by atoms with E-state index in [1.807, 2.05) is 0 Å². The van der Waals surface area contributed by atoms with E-state index >= 15 is 0 Å². The molecule has 9 atom stereocenters. The monoisotopic (exact) mass is 282 g/mol. The predicted molar refractivity (Wildman–Crippen MR) is 83.6 cm³/mol. The van der Waals surface area contributed by atoms with Gasteiger partial charge in [0.25, 0.3) is 0 Å². The van der Waals surface area contributed by atoms with Gasteiger partial charge in [-0.15, -0.1) is 0 Å². The smallest absolute Gasteiger partial charge is 0.0161 e. The Morgan fingerprint density at radius 2 is 1.38 bits per heavy atom. The van der Waals surface area contributed by atoms with E-state index in [4.69, 9.17) is 0 Å². The zero-order valence-corrected chi connectivity index (χ0v) is 14.3. The lowest BCUT2D eigenvalue weighted by atomic mass is 9.86. The number of rotatable bonds is 2. The summed E-state index contributed by atoms with van der Waals surface area (Å²) < 4.78 is 0. The predicted octanol–water partition coefficient (Wildman–Crippen LogP) is 5.42. The Morgan fingerprint density at radius 1 is 0.857 bits per heavy atom. The zero-order valence-electron chi connectivity index (χ0n) is 14.3. The fourth-order valence-corrected chi connectivity index (χ4v) is 9.90. The van der Waals surface area contributed by atoms with E-state index in [2.05, 4.69) is 27.7 Å². The lowest BCUT2D eigenvalue weighted by Crippen LogP contribution is -2.12. The van der Waals surface area contributed by atoms with Crippen LogP contribution in [0.2, 0.25) is 0 Å². The molecule has 0 radical (unpaired) electrons. The third kappa shape index (κ3) is 0.718. The zero-order chi connectivity index (χ0) is 14.3. The fourth-order valence-electron chi connectivity index (χ4n) is 9.90. The summed E-state index contributed by atoms with van der Waals surface area (Å²) in [6.45, 7) is 10.1. The van der Waals surface area contributed by atoms with Gasteiger partial charge in [0, 0.05) is 0 Å². The third-order valence-corrected chi connectivity index (χ3v) is 11.8. The van der Waals surface area contributed by atoms with Gasteiger partial charge < -0.3 is 0 Å². The van der Waals surface area contributed by atoms with Gasteiger partial charge in [-0.3, -0.25) is 0 Å². The Morgan fingerprint density at radius 3 is 1.95 bits per heavy atom. The van der Waals surface area contributed by atoms with Gasteiger partial charge >= 0.3 is 0 Å². The molecule has 0 bridgehead atoms. The standard InChI is InChI=1S/C21H30/c1-5-13(2)15(4)7-17(15)9-19(17)11-21(19)12-20(21)10-18(20)8-16(18)6-14(16)3/h13-14H,5-12H2,1-4H3. The minimum atomic E-state index is 0.741. The van der Waals surface area contributed by atoms with E-state index in [-0.39, 0.29) is 0 Å². The van der Waals surface area contributed by atoms with E-state index in [0.29, 0.717) is 0 Å². The van der Waals surface area contributed by atoms with Crippen molar-refractivity contribution in [2.45, 2.75) is 79.1 Å². The molecule has 0 heterocycles. The first kappa shape index (κ1) is 11.5. The molecule has 0 aromatic rings. The Kier molecular flexibility index (Phi) is 1.26. The first-order valence-corrected chi connectivity index (χ1v) is 9.85. The van der Waals surface area contributed by atoms with Crippen LogP contribution in [0, 0.1) is 49.7 Å². The second-order valence-electron chi connectivity index (χ2n) is 11.5. The number of fused-ring (bicyclic) bond motifs is 5. The van der Waals surface area contributed by atoms with Crippen molar-refractivity contribution in [2.24, 2.45) is 49.7 Å². The van der Waals surface area contributed by atoms with Crippen LogP contribution in [0.3, 0.4) is 0 Å². The summed E-state index contributed by atoms with van der Waals surface area (Å²) in [5.74, 6) is 2.07. The summed E-state index contributed by atoms with van der Waals surface area (Å²) in [4.78, 5) is 0. The Balaban J connectivity index is 1.19. The molecule has 21 heavy (non-hydrogen) atoms. The molecule has 0 saturated heterocycles. The van der Waals surface area contributed by atoms with E-state index in [9.17, 15) is 0 Å². The molecule has 7 aliphatic rings. The van der Waals surface area contributed by atoms with Crippen molar-refractivity contribution in [1.82, 2.24) is 0 Å². The summed E-state index contributed by atoms with van der Waals surface area (Å²) in [6, 6.07) is 0. The van der Waals surface area contributed by atoms with Gasteiger partial charge in [0.05, 0.1) is 0 Å². The van der Waals surface area contributed by atoms with Crippen LogP contribution in [0.1, 0.15) is 79.1 Å². The van der Waals surface area contributed by atoms with Crippen LogP contribution in [0.4, 0.5) is 0 Å². The molecular weight excluding hydrogens is 252 g/mol. The van der Waals surface area contributed by atoms with Crippen LogP contribution in [-0.4, -0.2) is 0 Å². The number of hydrogen-bond donors (Lipinski definition) is 0. The average molecular weight is 282 g/mol. The summed E-state index contributed by atoms with van der Waals surface area (Å²) in [6.07, 6.45) is 13.0. The van der Waals surface area contributed by atoms with Crippen LogP contribution in [0.25, 0.3) is 0 Å². The number of hydrogen-bond acceptors (Lipinski definition) is 0. The largest absolute Gasteiger partial charge is 0.0651 e. The van der Waals surface area contributed by atoms with Gasteiger partial charge in [0.15, 0.2) is 0 Å². The molecule has 9 unspecified atom stereocenters. The van der Waals surface area contributed by atoms with Crippen molar-refractivity contribution >= 4 is 0 Å². The van der Waals surface area contributed by atoms with E-state index in [1.165, 1.54) is 6.42 Å². The molecule has 0 aliphatic heterocycles. The first-order chi connectivity index (χ1) is 9.85. The van der Waals surface area contributed by atoms with Crippen molar-refractivity contribution < 1.29 is 0 Å². The molecule has 6 spiro atoms. The molecule has 0 amide bonds. The molecule has 7 fully saturated rings. The Labute approximate surface area is 129 Å². The molecule has 114 valence electrons. The molecule has 0 aromatic heterocycles. The highest BCUT2D eigenvalue weighted by molar-refractivity contribution is 5.60. The molecule has 0 N–H and O–H groups in total. The Hall–Kier alpha value is 0. The summed E-state index contributed by atoms with van der Waals surface area (Å²) >= 11 is 0. The summed E-state index contributed by atoms with van der Waals surface area (Å²) in [5, 5.41) is 0. The maximum atomic E-state index is 2.65. The highest BCUT2D eigenvalue weighted by Gasteiger charge is 3.12. The highest BCUT2D eigenvalue weighted by Crippen LogP contribution is 3.18. The second kappa shape index (κ2) is 2.30.